The molecule has 2 rings (SSSR count). The lowest BCUT2D eigenvalue weighted by Crippen LogP contribution is -2.38. The molecule has 3 unspecified atom stereocenters. The number of hydrogen-bond acceptors (Lipinski definition) is 4. The Bertz CT molecular complexity index is 300. The van der Waals surface area contributed by atoms with Crippen molar-refractivity contribution < 1.29 is 5.11 Å². The van der Waals surface area contributed by atoms with Crippen molar-refractivity contribution in [1.82, 2.24) is 4.90 Å². The highest BCUT2D eigenvalue weighted by atomic mass is 32.1. The predicted molar refractivity (Wildman–Crippen MR) is 62.9 cm³/mol. The van der Waals surface area contributed by atoms with Gasteiger partial charge in [-0.3, -0.25) is 4.90 Å². The van der Waals surface area contributed by atoms with Gasteiger partial charge >= 0.3 is 0 Å². The summed E-state index contributed by atoms with van der Waals surface area (Å²) in [7, 11) is 0. The van der Waals surface area contributed by atoms with E-state index in [4.69, 9.17) is 5.73 Å². The summed E-state index contributed by atoms with van der Waals surface area (Å²) in [6.45, 7) is 3.74. The van der Waals surface area contributed by atoms with E-state index in [-0.39, 0.29) is 18.2 Å². The summed E-state index contributed by atoms with van der Waals surface area (Å²) in [4.78, 5) is 3.60. The lowest BCUT2D eigenvalue weighted by molar-refractivity contribution is 0.153. The molecule has 0 spiro atoms. The molecule has 1 aromatic heterocycles. The molecular formula is C11H18N2OS. The quantitative estimate of drug-likeness (QED) is 0.814. The lowest BCUT2D eigenvalue weighted by atomic mass is 10.1. The summed E-state index contributed by atoms with van der Waals surface area (Å²) >= 11 is 1.74. The Labute approximate surface area is 94.5 Å². The van der Waals surface area contributed by atoms with Crippen LogP contribution in [0.25, 0.3) is 0 Å². The molecule has 2 heterocycles. The molecule has 1 aliphatic rings. The number of nitrogens with zero attached hydrogens (tertiary/aromatic N) is 1. The van der Waals surface area contributed by atoms with E-state index in [1.54, 1.807) is 11.3 Å². The van der Waals surface area contributed by atoms with Gasteiger partial charge in [0.1, 0.15) is 0 Å². The van der Waals surface area contributed by atoms with Crippen molar-refractivity contribution in [3.63, 3.8) is 0 Å². The molecule has 0 aliphatic carbocycles. The molecule has 4 heteroatoms. The molecule has 0 saturated carbocycles. The van der Waals surface area contributed by atoms with Crippen LogP contribution >= 0.6 is 11.3 Å². The van der Waals surface area contributed by atoms with Crippen LogP contribution in [-0.2, 0) is 0 Å². The van der Waals surface area contributed by atoms with E-state index in [1.165, 1.54) is 4.88 Å². The van der Waals surface area contributed by atoms with E-state index in [0.29, 0.717) is 0 Å². The Hall–Kier alpha value is -0.420. The molecule has 15 heavy (non-hydrogen) atoms. The second-order valence-corrected chi connectivity index (χ2v) is 5.24. The van der Waals surface area contributed by atoms with E-state index in [0.717, 1.165) is 19.5 Å². The zero-order valence-electron chi connectivity index (χ0n) is 8.97. The number of likely N-dealkylation sites (tertiary alicyclic amines) is 1. The molecule has 1 aromatic rings. The van der Waals surface area contributed by atoms with Gasteiger partial charge in [-0.1, -0.05) is 6.07 Å². The summed E-state index contributed by atoms with van der Waals surface area (Å²) in [5.41, 5.74) is 6.04. The molecule has 3 N–H and O–H groups in total. The van der Waals surface area contributed by atoms with Gasteiger partial charge in [0.15, 0.2) is 0 Å². The third kappa shape index (κ3) is 2.39. The van der Waals surface area contributed by atoms with Crippen LogP contribution in [0, 0.1) is 0 Å². The first-order chi connectivity index (χ1) is 7.18. The van der Waals surface area contributed by atoms with E-state index in [2.05, 4.69) is 22.4 Å². The molecular weight excluding hydrogens is 208 g/mol. The smallest absolute Gasteiger partial charge is 0.0679 e. The Kier molecular flexibility index (Phi) is 3.41. The molecule has 0 bridgehead atoms. The van der Waals surface area contributed by atoms with Crippen LogP contribution in [0.5, 0.6) is 0 Å². The normalized spacial score (nSPS) is 26.7. The maximum atomic E-state index is 9.55. The monoisotopic (exact) mass is 226 g/mol. The fourth-order valence-corrected chi connectivity index (χ4v) is 3.23. The molecule has 1 aliphatic heterocycles. The summed E-state index contributed by atoms with van der Waals surface area (Å²) in [6, 6.07) is 4.56. The van der Waals surface area contributed by atoms with Gasteiger partial charge in [-0.25, -0.2) is 0 Å². The topological polar surface area (TPSA) is 49.5 Å². The fourth-order valence-electron chi connectivity index (χ4n) is 2.25. The minimum Gasteiger partial charge on any atom is -0.392 e. The van der Waals surface area contributed by atoms with E-state index in [1.807, 2.05) is 6.92 Å². The first-order valence-corrected chi connectivity index (χ1v) is 6.27. The SMILES string of the molecule is CC(N)C(c1cccs1)N1CCC(O)C1. The average Bonchev–Trinajstić information content (AvgIpc) is 2.77. The van der Waals surface area contributed by atoms with Crippen molar-refractivity contribution in [2.75, 3.05) is 13.1 Å². The molecule has 0 amide bonds. The van der Waals surface area contributed by atoms with E-state index >= 15 is 0 Å². The van der Waals surface area contributed by atoms with Gasteiger partial charge in [0.2, 0.25) is 0 Å². The Morgan fingerprint density at radius 2 is 2.47 bits per heavy atom. The lowest BCUT2D eigenvalue weighted by Gasteiger charge is -2.29. The number of hydrogen-bond donors (Lipinski definition) is 2. The van der Waals surface area contributed by atoms with Crippen LogP contribution < -0.4 is 5.73 Å². The molecule has 1 fully saturated rings. The van der Waals surface area contributed by atoms with Crippen molar-refractivity contribution >= 4 is 11.3 Å². The predicted octanol–water partition coefficient (Wildman–Crippen LogP) is 1.20. The largest absolute Gasteiger partial charge is 0.392 e. The number of aliphatic hydroxyl groups excluding tert-OH is 1. The van der Waals surface area contributed by atoms with Crippen LogP contribution in [0.4, 0.5) is 0 Å². The first kappa shape index (κ1) is 11.1. The van der Waals surface area contributed by atoms with Crippen LogP contribution in [0.15, 0.2) is 17.5 Å². The average molecular weight is 226 g/mol. The number of thiophene rings is 1. The zero-order chi connectivity index (χ0) is 10.8. The minimum absolute atomic E-state index is 0.106. The second-order valence-electron chi connectivity index (χ2n) is 4.26. The summed E-state index contributed by atoms with van der Waals surface area (Å²) in [5.74, 6) is 0. The maximum Gasteiger partial charge on any atom is 0.0679 e. The van der Waals surface area contributed by atoms with Gasteiger partial charge in [-0.15, -0.1) is 11.3 Å². The van der Waals surface area contributed by atoms with E-state index < -0.39 is 0 Å². The van der Waals surface area contributed by atoms with Crippen molar-refractivity contribution in [3.05, 3.63) is 22.4 Å². The molecule has 3 atom stereocenters. The third-order valence-electron chi connectivity index (χ3n) is 2.92. The fraction of sp³-hybridized carbons (Fsp3) is 0.636. The maximum absolute atomic E-state index is 9.55. The van der Waals surface area contributed by atoms with Crippen molar-refractivity contribution in [3.8, 4) is 0 Å². The second kappa shape index (κ2) is 4.61. The van der Waals surface area contributed by atoms with Crippen molar-refractivity contribution in [1.29, 1.82) is 0 Å². The molecule has 84 valence electrons. The summed E-state index contributed by atoms with van der Waals surface area (Å²) in [6.07, 6.45) is 0.695. The Morgan fingerprint density at radius 1 is 1.67 bits per heavy atom. The molecule has 3 nitrogen and oxygen atoms in total. The van der Waals surface area contributed by atoms with Crippen LogP contribution in [0.3, 0.4) is 0 Å². The first-order valence-electron chi connectivity index (χ1n) is 5.39. The van der Waals surface area contributed by atoms with Gasteiger partial charge in [-0.2, -0.15) is 0 Å². The number of rotatable bonds is 3. The zero-order valence-corrected chi connectivity index (χ0v) is 9.78. The van der Waals surface area contributed by atoms with Gasteiger partial charge < -0.3 is 10.8 Å². The third-order valence-corrected chi connectivity index (χ3v) is 3.86. The van der Waals surface area contributed by atoms with Crippen LogP contribution in [-0.4, -0.2) is 35.2 Å². The van der Waals surface area contributed by atoms with Gasteiger partial charge in [0.25, 0.3) is 0 Å². The van der Waals surface area contributed by atoms with E-state index in [9.17, 15) is 5.11 Å². The summed E-state index contributed by atoms with van der Waals surface area (Å²) in [5, 5.41) is 11.6. The number of nitrogens with two attached hydrogens (primary N) is 1. The standard InChI is InChI=1S/C11H18N2OS/c1-8(12)11(10-3-2-6-15-10)13-5-4-9(14)7-13/h2-3,6,8-9,11,14H,4-5,7,12H2,1H3. The van der Waals surface area contributed by atoms with Gasteiger partial charge in [0, 0.05) is 24.0 Å². The number of aliphatic hydroxyl groups is 1. The molecule has 0 radical (unpaired) electrons. The van der Waals surface area contributed by atoms with Crippen LogP contribution in [0.1, 0.15) is 24.3 Å². The van der Waals surface area contributed by atoms with Gasteiger partial charge in [-0.05, 0) is 24.8 Å². The highest BCUT2D eigenvalue weighted by Gasteiger charge is 2.30. The highest BCUT2D eigenvalue weighted by molar-refractivity contribution is 7.10. The molecule has 0 aromatic carbocycles. The minimum atomic E-state index is -0.175. The highest BCUT2D eigenvalue weighted by Crippen LogP contribution is 2.30. The summed E-state index contributed by atoms with van der Waals surface area (Å²) < 4.78 is 0. The van der Waals surface area contributed by atoms with Crippen LogP contribution in [0.2, 0.25) is 0 Å². The molecule has 1 saturated heterocycles. The van der Waals surface area contributed by atoms with Crippen molar-refractivity contribution in [2.45, 2.75) is 31.5 Å². The Balaban J connectivity index is 2.14. The van der Waals surface area contributed by atoms with Crippen molar-refractivity contribution in [2.24, 2.45) is 5.73 Å². The number of β-amino-alcohol motifs (C(OH)–C–C–N with tert-alkyl or cyclic N) is 1. The van der Waals surface area contributed by atoms with Gasteiger partial charge in [0.05, 0.1) is 12.1 Å². The Morgan fingerprint density at radius 3 is 2.93 bits per heavy atom.